The number of nitrogens with zero attached hydrogens (tertiary/aromatic N) is 3. The van der Waals surface area contributed by atoms with Crippen molar-refractivity contribution in [2.75, 3.05) is 39.8 Å². The maximum Gasteiger partial charge on any atom is 0.253 e. The molecular formula is C23H42IN5O. The highest BCUT2D eigenvalue weighted by Gasteiger charge is 2.12. The number of carbonyl (C=O) groups excluding carboxylic acids is 1. The largest absolute Gasteiger partial charge is 0.354 e. The molecule has 0 saturated heterocycles. The second-order valence-corrected chi connectivity index (χ2v) is 7.31. The fourth-order valence-corrected chi connectivity index (χ4v) is 3.31. The number of hydrogen-bond acceptors (Lipinski definition) is 3. The number of nitrogens with one attached hydrogen (secondary N) is 2. The SMILES string of the molecule is CCN(CC)CCCC(C)NC(=NC)NCc1ccc(C(=O)N(CC)CC)cc1.I. The molecule has 1 atom stereocenters. The minimum absolute atomic E-state index is 0. The molecule has 172 valence electrons. The summed E-state index contributed by atoms with van der Waals surface area (Å²) in [4.78, 5) is 21.0. The first-order valence-corrected chi connectivity index (χ1v) is 11.1. The van der Waals surface area contributed by atoms with Crippen LogP contribution < -0.4 is 10.6 Å². The molecule has 0 heterocycles. The van der Waals surface area contributed by atoms with Gasteiger partial charge in [-0.05, 0) is 70.9 Å². The highest BCUT2D eigenvalue weighted by atomic mass is 127. The molecule has 0 aromatic heterocycles. The van der Waals surface area contributed by atoms with Crippen molar-refractivity contribution in [3.05, 3.63) is 35.4 Å². The zero-order valence-corrected chi connectivity index (χ0v) is 22.0. The number of benzene rings is 1. The Balaban J connectivity index is 0.00000841. The minimum atomic E-state index is 0. The van der Waals surface area contributed by atoms with Crippen molar-refractivity contribution in [3.8, 4) is 0 Å². The van der Waals surface area contributed by atoms with Gasteiger partial charge in [-0.25, -0.2) is 0 Å². The summed E-state index contributed by atoms with van der Waals surface area (Å²) in [6.45, 7) is 16.1. The van der Waals surface area contributed by atoms with E-state index in [1.165, 1.54) is 6.42 Å². The smallest absolute Gasteiger partial charge is 0.253 e. The van der Waals surface area contributed by atoms with Gasteiger partial charge in [0.15, 0.2) is 5.96 Å². The molecule has 1 aromatic rings. The lowest BCUT2D eigenvalue weighted by Gasteiger charge is -2.21. The van der Waals surface area contributed by atoms with Crippen LogP contribution in [0.5, 0.6) is 0 Å². The van der Waals surface area contributed by atoms with Crippen molar-refractivity contribution in [2.45, 2.75) is 60.0 Å². The van der Waals surface area contributed by atoms with Crippen LogP contribution in [-0.2, 0) is 6.54 Å². The average Bonchev–Trinajstić information content (AvgIpc) is 2.75. The average molecular weight is 532 g/mol. The molecule has 1 aromatic carbocycles. The van der Waals surface area contributed by atoms with Crippen molar-refractivity contribution < 1.29 is 4.79 Å². The Morgan fingerprint density at radius 2 is 1.63 bits per heavy atom. The molecule has 0 aliphatic carbocycles. The minimum Gasteiger partial charge on any atom is -0.354 e. The van der Waals surface area contributed by atoms with E-state index in [1.807, 2.05) is 43.0 Å². The lowest BCUT2D eigenvalue weighted by Crippen LogP contribution is -2.42. The molecule has 0 aliphatic rings. The fourth-order valence-electron chi connectivity index (χ4n) is 3.31. The van der Waals surface area contributed by atoms with Crippen LogP contribution in [0, 0.1) is 0 Å². The predicted molar refractivity (Wildman–Crippen MR) is 139 cm³/mol. The second-order valence-electron chi connectivity index (χ2n) is 7.31. The van der Waals surface area contributed by atoms with Crippen LogP contribution in [0.25, 0.3) is 0 Å². The summed E-state index contributed by atoms with van der Waals surface area (Å²) in [5, 5.41) is 6.83. The van der Waals surface area contributed by atoms with E-state index in [4.69, 9.17) is 0 Å². The van der Waals surface area contributed by atoms with Crippen LogP contribution in [0.15, 0.2) is 29.3 Å². The van der Waals surface area contributed by atoms with Crippen LogP contribution in [0.3, 0.4) is 0 Å². The number of carbonyl (C=O) groups is 1. The Labute approximate surface area is 200 Å². The fraction of sp³-hybridized carbons (Fsp3) is 0.652. The van der Waals surface area contributed by atoms with Crippen LogP contribution in [0.1, 0.15) is 63.4 Å². The molecule has 0 aliphatic heterocycles. The molecule has 0 radical (unpaired) electrons. The number of rotatable bonds is 12. The number of guanidine groups is 1. The molecule has 1 amide bonds. The van der Waals surface area contributed by atoms with E-state index in [-0.39, 0.29) is 29.9 Å². The van der Waals surface area contributed by atoms with Gasteiger partial charge in [-0.15, -0.1) is 24.0 Å². The number of amides is 1. The Kier molecular flexibility index (Phi) is 15.6. The van der Waals surface area contributed by atoms with Crippen LogP contribution in [0.4, 0.5) is 0 Å². The molecule has 0 bridgehead atoms. The third kappa shape index (κ3) is 10.1. The van der Waals surface area contributed by atoms with Gasteiger partial charge in [-0.1, -0.05) is 26.0 Å². The normalized spacial score (nSPS) is 12.3. The van der Waals surface area contributed by atoms with Crippen molar-refractivity contribution in [1.82, 2.24) is 20.4 Å². The number of hydrogen-bond donors (Lipinski definition) is 2. The van der Waals surface area contributed by atoms with Gasteiger partial charge >= 0.3 is 0 Å². The van der Waals surface area contributed by atoms with E-state index in [0.29, 0.717) is 12.6 Å². The highest BCUT2D eigenvalue weighted by molar-refractivity contribution is 14.0. The lowest BCUT2D eigenvalue weighted by molar-refractivity contribution is 0.0773. The first-order valence-electron chi connectivity index (χ1n) is 11.1. The molecule has 1 unspecified atom stereocenters. The topological polar surface area (TPSA) is 60.0 Å². The molecule has 1 rings (SSSR count). The van der Waals surface area contributed by atoms with Gasteiger partial charge in [0, 0.05) is 38.3 Å². The van der Waals surface area contributed by atoms with Crippen molar-refractivity contribution in [2.24, 2.45) is 4.99 Å². The molecule has 2 N–H and O–H groups in total. The Hall–Kier alpha value is -1.35. The summed E-state index contributed by atoms with van der Waals surface area (Å²) >= 11 is 0. The van der Waals surface area contributed by atoms with Crippen LogP contribution >= 0.6 is 24.0 Å². The zero-order valence-electron chi connectivity index (χ0n) is 19.7. The first kappa shape index (κ1) is 28.6. The Morgan fingerprint density at radius 1 is 1.03 bits per heavy atom. The standard InChI is InChI=1S/C23H41N5O.HI/c1-7-27(8-2)17-11-12-19(5)26-23(24-6)25-18-20-13-15-21(16-14-20)22(29)28(9-3)10-4;/h13-16,19H,7-12,17-18H2,1-6H3,(H2,24,25,26);1H. The maximum atomic E-state index is 12.4. The van der Waals surface area contributed by atoms with Gasteiger partial charge in [-0.3, -0.25) is 9.79 Å². The maximum absolute atomic E-state index is 12.4. The van der Waals surface area contributed by atoms with E-state index in [2.05, 4.69) is 41.3 Å². The summed E-state index contributed by atoms with van der Waals surface area (Å²) in [5.74, 6) is 0.897. The summed E-state index contributed by atoms with van der Waals surface area (Å²) in [6.07, 6.45) is 2.29. The van der Waals surface area contributed by atoms with Gasteiger partial charge in [0.1, 0.15) is 0 Å². The molecule has 7 heteroatoms. The van der Waals surface area contributed by atoms with E-state index >= 15 is 0 Å². The van der Waals surface area contributed by atoms with Gasteiger partial charge < -0.3 is 20.4 Å². The monoisotopic (exact) mass is 531 g/mol. The van der Waals surface area contributed by atoms with E-state index in [0.717, 1.165) is 56.2 Å². The quantitative estimate of drug-likeness (QED) is 0.244. The van der Waals surface area contributed by atoms with Gasteiger partial charge in [0.05, 0.1) is 0 Å². The third-order valence-corrected chi connectivity index (χ3v) is 5.32. The zero-order chi connectivity index (χ0) is 21.6. The molecule has 0 saturated carbocycles. The molecule has 30 heavy (non-hydrogen) atoms. The van der Waals surface area contributed by atoms with Crippen LogP contribution in [-0.4, -0.2) is 67.5 Å². The summed E-state index contributed by atoms with van der Waals surface area (Å²) in [6, 6.07) is 8.19. The highest BCUT2D eigenvalue weighted by Crippen LogP contribution is 2.08. The molecule has 0 fully saturated rings. The van der Waals surface area contributed by atoms with E-state index in [1.54, 1.807) is 7.05 Å². The summed E-state index contributed by atoms with van der Waals surface area (Å²) in [5.41, 5.74) is 1.86. The van der Waals surface area contributed by atoms with Gasteiger partial charge in [0.25, 0.3) is 5.91 Å². The second kappa shape index (κ2) is 16.4. The van der Waals surface area contributed by atoms with Crippen molar-refractivity contribution in [1.29, 1.82) is 0 Å². The molecule has 6 nitrogen and oxygen atoms in total. The summed E-state index contributed by atoms with van der Waals surface area (Å²) in [7, 11) is 1.80. The van der Waals surface area contributed by atoms with E-state index in [9.17, 15) is 4.79 Å². The lowest BCUT2D eigenvalue weighted by atomic mass is 10.1. The summed E-state index contributed by atoms with van der Waals surface area (Å²) < 4.78 is 0. The third-order valence-electron chi connectivity index (χ3n) is 5.32. The van der Waals surface area contributed by atoms with Gasteiger partial charge in [-0.2, -0.15) is 0 Å². The Morgan fingerprint density at radius 3 is 2.13 bits per heavy atom. The number of halogens is 1. The van der Waals surface area contributed by atoms with Crippen LogP contribution in [0.2, 0.25) is 0 Å². The van der Waals surface area contributed by atoms with Crippen molar-refractivity contribution >= 4 is 35.8 Å². The van der Waals surface area contributed by atoms with Crippen molar-refractivity contribution in [3.63, 3.8) is 0 Å². The number of aliphatic imine (C=N–C) groups is 1. The predicted octanol–water partition coefficient (Wildman–Crippen LogP) is 3.96. The van der Waals surface area contributed by atoms with Gasteiger partial charge in [0.2, 0.25) is 0 Å². The first-order chi connectivity index (χ1) is 14.0. The molecule has 0 spiro atoms. The Bertz CT molecular complexity index is 613. The molecular weight excluding hydrogens is 489 g/mol. The van der Waals surface area contributed by atoms with E-state index < -0.39 is 0 Å².